The lowest BCUT2D eigenvalue weighted by Crippen LogP contribution is -2.13. The number of hydrogen-bond donors (Lipinski definition) is 1. The normalized spacial score (nSPS) is 12.0. The molecule has 0 aromatic heterocycles. The lowest BCUT2D eigenvalue weighted by Gasteiger charge is -2.19. The summed E-state index contributed by atoms with van der Waals surface area (Å²) in [6, 6.07) is 10.5. The van der Waals surface area contributed by atoms with Gasteiger partial charge < -0.3 is 14.8 Å². The number of nitrogens with one attached hydrogen (secondary N) is 1. The van der Waals surface area contributed by atoms with Crippen LogP contribution in [0.5, 0.6) is 11.5 Å². The minimum atomic E-state index is -0.276. The van der Waals surface area contributed by atoms with E-state index in [1.807, 2.05) is 32.2 Å². The Labute approximate surface area is 124 Å². The molecule has 0 aliphatic carbocycles. The van der Waals surface area contributed by atoms with Gasteiger partial charge in [0.1, 0.15) is 5.82 Å². The van der Waals surface area contributed by atoms with E-state index in [1.165, 1.54) is 12.1 Å². The first kappa shape index (κ1) is 15.3. The van der Waals surface area contributed by atoms with Gasteiger partial charge in [0.05, 0.1) is 14.2 Å². The van der Waals surface area contributed by atoms with E-state index in [0.717, 1.165) is 16.7 Å². The summed E-state index contributed by atoms with van der Waals surface area (Å²) in [5.74, 6) is 0.958. The highest BCUT2D eigenvalue weighted by Crippen LogP contribution is 2.40. The Balaban J connectivity index is 2.69. The van der Waals surface area contributed by atoms with Gasteiger partial charge in [-0.1, -0.05) is 18.2 Å². The SMILES string of the molecule is CNC(C)c1ccc(F)cc1-c1cccc(OC)c1OC. The maximum absolute atomic E-state index is 13.7. The fourth-order valence-corrected chi connectivity index (χ4v) is 2.39. The van der Waals surface area contributed by atoms with Gasteiger partial charge in [-0.15, -0.1) is 0 Å². The van der Waals surface area contributed by atoms with Crippen LogP contribution in [0.1, 0.15) is 18.5 Å². The number of benzene rings is 2. The van der Waals surface area contributed by atoms with E-state index in [1.54, 1.807) is 20.3 Å². The number of rotatable bonds is 5. The van der Waals surface area contributed by atoms with Gasteiger partial charge in [0.2, 0.25) is 0 Å². The van der Waals surface area contributed by atoms with Crippen molar-refractivity contribution in [2.24, 2.45) is 0 Å². The lowest BCUT2D eigenvalue weighted by atomic mass is 9.94. The third-order valence-electron chi connectivity index (χ3n) is 3.61. The molecule has 2 rings (SSSR count). The van der Waals surface area contributed by atoms with Crippen LogP contribution in [0.15, 0.2) is 36.4 Å². The topological polar surface area (TPSA) is 30.5 Å². The van der Waals surface area contributed by atoms with Crippen molar-refractivity contribution in [1.29, 1.82) is 0 Å². The van der Waals surface area contributed by atoms with Gasteiger partial charge in [-0.25, -0.2) is 4.39 Å². The molecule has 0 saturated heterocycles. The Kier molecular flexibility index (Phi) is 4.81. The molecule has 0 heterocycles. The predicted octanol–water partition coefficient (Wildman–Crippen LogP) is 3.79. The Morgan fingerprint density at radius 1 is 1.05 bits per heavy atom. The second kappa shape index (κ2) is 6.59. The average molecular weight is 289 g/mol. The molecular weight excluding hydrogens is 269 g/mol. The first-order valence-corrected chi connectivity index (χ1v) is 6.80. The molecule has 2 aromatic carbocycles. The van der Waals surface area contributed by atoms with Crippen molar-refractivity contribution >= 4 is 0 Å². The smallest absolute Gasteiger partial charge is 0.168 e. The highest BCUT2D eigenvalue weighted by molar-refractivity contribution is 5.76. The first-order valence-electron chi connectivity index (χ1n) is 6.80. The number of methoxy groups -OCH3 is 2. The fraction of sp³-hybridized carbons (Fsp3) is 0.294. The molecule has 4 heteroatoms. The molecule has 1 atom stereocenters. The quantitative estimate of drug-likeness (QED) is 0.908. The Bertz CT molecular complexity index is 628. The van der Waals surface area contributed by atoms with Crippen LogP contribution in [0.3, 0.4) is 0 Å². The molecule has 0 fully saturated rings. The Morgan fingerprint density at radius 3 is 2.43 bits per heavy atom. The van der Waals surface area contributed by atoms with E-state index >= 15 is 0 Å². The van der Waals surface area contributed by atoms with Crippen LogP contribution < -0.4 is 14.8 Å². The minimum Gasteiger partial charge on any atom is -0.493 e. The molecule has 21 heavy (non-hydrogen) atoms. The van der Waals surface area contributed by atoms with Crippen molar-refractivity contribution in [2.45, 2.75) is 13.0 Å². The molecule has 0 amide bonds. The van der Waals surface area contributed by atoms with Crippen LogP contribution in [-0.2, 0) is 0 Å². The molecule has 1 N–H and O–H groups in total. The van der Waals surface area contributed by atoms with Gasteiger partial charge in [-0.3, -0.25) is 0 Å². The van der Waals surface area contributed by atoms with Crippen molar-refractivity contribution in [3.8, 4) is 22.6 Å². The second-order valence-corrected chi connectivity index (χ2v) is 4.78. The molecule has 0 saturated carbocycles. The molecule has 0 bridgehead atoms. The van der Waals surface area contributed by atoms with Crippen LogP contribution in [0, 0.1) is 5.82 Å². The summed E-state index contributed by atoms with van der Waals surface area (Å²) in [6.45, 7) is 2.03. The molecule has 1 unspecified atom stereocenters. The van der Waals surface area contributed by atoms with Gasteiger partial charge in [0.15, 0.2) is 11.5 Å². The monoisotopic (exact) mass is 289 g/mol. The van der Waals surface area contributed by atoms with E-state index in [4.69, 9.17) is 9.47 Å². The summed E-state index contributed by atoms with van der Waals surface area (Å²) in [7, 11) is 5.05. The summed E-state index contributed by atoms with van der Waals surface area (Å²) in [5.41, 5.74) is 2.62. The highest BCUT2D eigenvalue weighted by Gasteiger charge is 2.17. The third kappa shape index (κ3) is 3.00. The Hall–Kier alpha value is -2.07. The van der Waals surface area contributed by atoms with Crippen LogP contribution in [0.25, 0.3) is 11.1 Å². The maximum Gasteiger partial charge on any atom is 0.168 e. The number of hydrogen-bond acceptors (Lipinski definition) is 3. The van der Waals surface area contributed by atoms with Gasteiger partial charge in [-0.05, 0) is 43.3 Å². The summed E-state index contributed by atoms with van der Waals surface area (Å²) < 4.78 is 24.5. The van der Waals surface area contributed by atoms with Crippen molar-refractivity contribution in [2.75, 3.05) is 21.3 Å². The molecular formula is C17H20FNO2. The zero-order chi connectivity index (χ0) is 15.4. The zero-order valence-electron chi connectivity index (χ0n) is 12.7. The molecule has 112 valence electrons. The molecule has 0 radical (unpaired) electrons. The van der Waals surface area contributed by atoms with Crippen molar-refractivity contribution in [1.82, 2.24) is 5.32 Å². The predicted molar refractivity (Wildman–Crippen MR) is 82.4 cm³/mol. The van der Waals surface area contributed by atoms with E-state index in [9.17, 15) is 4.39 Å². The van der Waals surface area contributed by atoms with E-state index in [0.29, 0.717) is 11.5 Å². The lowest BCUT2D eigenvalue weighted by molar-refractivity contribution is 0.356. The van der Waals surface area contributed by atoms with Crippen LogP contribution in [0.4, 0.5) is 4.39 Å². The first-order chi connectivity index (χ1) is 10.1. The largest absolute Gasteiger partial charge is 0.493 e. The van der Waals surface area contributed by atoms with Gasteiger partial charge in [0.25, 0.3) is 0 Å². The summed E-state index contributed by atoms with van der Waals surface area (Å²) >= 11 is 0. The average Bonchev–Trinajstić information content (AvgIpc) is 2.53. The van der Waals surface area contributed by atoms with Crippen molar-refractivity contribution < 1.29 is 13.9 Å². The van der Waals surface area contributed by atoms with E-state index in [2.05, 4.69) is 5.32 Å². The van der Waals surface area contributed by atoms with Gasteiger partial charge >= 0.3 is 0 Å². The van der Waals surface area contributed by atoms with E-state index < -0.39 is 0 Å². The molecule has 2 aromatic rings. The fourth-order valence-electron chi connectivity index (χ4n) is 2.39. The summed E-state index contributed by atoms with van der Waals surface area (Å²) in [4.78, 5) is 0. The Morgan fingerprint density at radius 2 is 1.81 bits per heavy atom. The maximum atomic E-state index is 13.7. The summed E-state index contributed by atoms with van der Waals surface area (Å²) in [6.07, 6.45) is 0. The van der Waals surface area contributed by atoms with Crippen LogP contribution in [0.2, 0.25) is 0 Å². The molecule has 0 aliphatic rings. The van der Waals surface area contributed by atoms with Gasteiger partial charge in [-0.2, -0.15) is 0 Å². The third-order valence-corrected chi connectivity index (χ3v) is 3.61. The van der Waals surface area contributed by atoms with Crippen molar-refractivity contribution in [3.05, 3.63) is 47.8 Å². The minimum absolute atomic E-state index is 0.0940. The molecule has 3 nitrogen and oxygen atoms in total. The molecule has 0 spiro atoms. The van der Waals surface area contributed by atoms with Crippen molar-refractivity contribution in [3.63, 3.8) is 0 Å². The zero-order valence-corrected chi connectivity index (χ0v) is 12.7. The number of halogens is 1. The van der Waals surface area contributed by atoms with Gasteiger partial charge in [0, 0.05) is 11.6 Å². The number of ether oxygens (including phenoxy) is 2. The standard InChI is InChI=1S/C17H20FNO2/c1-11(19-2)13-9-8-12(18)10-15(13)14-6-5-7-16(20-3)17(14)21-4/h5-11,19H,1-4H3. The highest BCUT2D eigenvalue weighted by atomic mass is 19.1. The van der Waals surface area contributed by atoms with E-state index in [-0.39, 0.29) is 11.9 Å². The molecule has 0 aliphatic heterocycles. The van der Waals surface area contributed by atoms with Crippen LogP contribution >= 0.6 is 0 Å². The second-order valence-electron chi connectivity index (χ2n) is 4.78. The summed E-state index contributed by atoms with van der Waals surface area (Å²) in [5, 5.41) is 3.18. The number of para-hydroxylation sites is 1. The van der Waals surface area contributed by atoms with Crippen LogP contribution in [-0.4, -0.2) is 21.3 Å².